The van der Waals surface area contributed by atoms with Crippen LogP contribution in [0.3, 0.4) is 0 Å². The maximum atomic E-state index is 10.6. The van der Waals surface area contributed by atoms with Crippen molar-refractivity contribution in [1.29, 1.82) is 0 Å². The number of halogens is 1. The quantitative estimate of drug-likeness (QED) is 0.624. The Hall–Kier alpha value is -2.08. The normalized spacial score (nSPS) is 10.4. The van der Waals surface area contributed by atoms with E-state index < -0.39 is 4.92 Å². The van der Waals surface area contributed by atoms with Crippen molar-refractivity contribution in [2.24, 2.45) is 7.05 Å². The Kier molecular flexibility index (Phi) is 4.01. The molecule has 0 radical (unpaired) electrons. The Morgan fingerprint density at radius 3 is 2.84 bits per heavy atom. The van der Waals surface area contributed by atoms with Crippen LogP contribution in [0.4, 0.5) is 5.69 Å². The van der Waals surface area contributed by atoms with Crippen molar-refractivity contribution in [3.8, 4) is 5.75 Å². The molecule has 1 heterocycles. The summed E-state index contributed by atoms with van der Waals surface area (Å²) in [6.45, 7) is 0.452. The molecule has 0 aliphatic rings. The second-order valence-electron chi connectivity index (χ2n) is 3.91. The fraction of sp³-hybridized carbons (Fsp3) is 0.250. The van der Waals surface area contributed by atoms with E-state index in [9.17, 15) is 10.1 Å². The fourth-order valence-electron chi connectivity index (χ4n) is 1.65. The van der Waals surface area contributed by atoms with Crippen molar-refractivity contribution in [2.75, 3.05) is 6.61 Å². The Morgan fingerprint density at radius 2 is 2.26 bits per heavy atom. The molecular formula is C12H12ClN3O3. The highest BCUT2D eigenvalue weighted by Gasteiger charge is 2.12. The van der Waals surface area contributed by atoms with Gasteiger partial charge >= 0.3 is 0 Å². The minimum atomic E-state index is -0.526. The summed E-state index contributed by atoms with van der Waals surface area (Å²) >= 11 is 5.79. The molecule has 100 valence electrons. The molecule has 0 N–H and O–H groups in total. The first-order valence-corrected chi connectivity index (χ1v) is 5.99. The van der Waals surface area contributed by atoms with Crippen molar-refractivity contribution in [3.63, 3.8) is 0 Å². The molecule has 0 amide bonds. The van der Waals surface area contributed by atoms with Gasteiger partial charge in [0.2, 0.25) is 0 Å². The van der Waals surface area contributed by atoms with Crippen LogP contribution < -0.4 is 4.74 Å². The zero-order chi connectivity index (χ0) is 13.8. The van der Waals surface area contributed by atoms with Crippen LogP contribution in [0.2, 0.25) is 5.02 Å². The topological polar surface area (TPSA) is 70.2 Å². The lowest BCUT2D eigenvalue weighted by Crippen LogP contribution is -2.06. The standard InChI is InChI=1S/C12H12ClN3O3/c1-15-9(4-6-14-15)5-7-19-10-2-3-12(16(17)18)11(13)8-10/h2-4,6,8H,5,7H2,1H3. The van der Waals surface area contributed by atoms with E-state index in [1.165, 1.54) is 18.2 Å². The average molecular weight is 282 g/mol. The maximum Gasteiger partial charge on any atom is 0.288 e. The predicted octanol–water partition coefficient (Wildman–Crippen LogP) is 2.60. The second-order valence-corrected chi connectivity index (χ2v) is 4.32. The molecule has 2 aromatic rings. The van der Waals surface area contributed by atoms with E-state index in [1.54, 1.807) is 10.9 Å². The van der Waals surface area contributed by atoms with Crippen LogP contribution in [0.1, 0.15) is 5.69 Å². The van der Waals surface area contributed by atoms with Crippen molar-refractivity contribution in [1.82, 2.24) is 9.78 Å². The predicted molar refractivity (Wildman–Crippen MR) is 70.5 cm³/mol. The zero-order valence-corrected chi connectivity index (χ0v) is 11.0. The highest BCUT2D eigenvalue weighted by Crippen LogP contribution is 2.28. The van der Waals surface area contributed by atoms with Gasteiger partial charge in [-0.1, -0.05) is 11.6 Å². The number of nitro groups is 1. The van der Waals surface area contributed by atoms with Gasteiger partial charge in [-0.2, -0.15) is 5.10 Å². The zero-order valence-electron chi connectivity index (χ0n) is 10.2. The van der Waals surface area contributed by atoms with E-state index in [0.717, 1.165) is 5.69 Å². The van der Waals surface area contributed by atoms with Gasteiger partial charge in [-0.3, -0.25) is 14.8 Å². The van der Waals surface area contributed by atoms with Gasteiger partial charge in [-0.15, -0.1) is 0 Å². The first-order valence-electron chi connectivity index (χ1n) is 5.61. The Labute approximate surface area is 114 Å². The maximum absolute atomic E-state index is 10.6. The Bertz CT molecular complexity index is 598. The van der Waals surface area contributed by atoms with E-state index in [1.807, 2.05) is 13.1 Å². The summed E-state index contributed by atoms with van der Waals surface area (Å²) in [5, 5.41) is 14.7. The number of benzene rings is 1. The van der Waals surface area contributed by atoms with Crippen LogP contribution in [-0.2, 0) is 13.5 Å². The smallest absolute Gasteiger partial charge is 0.288 e. The molecule has 19 heavy (non-hydrogen) atoms. The molecular weight excluding hydrogens is 270 g/mol. The summed E-state index contributed by atoms with van der Waals surface area (Å²) in [5.41, 5.74) is 0.925. The summed E-state index contributed by atoms with van der Waals surface area (Å²) in [6, 6.07) is 6.23. The number of aromatic nitrogens is 2. The summed E-state index contributed by atoms with van der Waals surface area (Å²) in [7, 11) is 1.86. The summed E-state index contributed by atoms with van der Waals surface area (Å²) in [5.74, 6) is 0.512. The third-order valence-corrected chi connectivity index (χ3v) is 2.97. The second kappa shape index (κ2) is 5.71. The number of hydrogen-bond donors (Lipinski definition) is 0. The molecule has 0 saturated carbocycles. The Balaban J connectivity index is 1.95. The molecule has 1 aromatic carbocycles. The van der Waals surface area contributed by atoms with E-state index in [4.69, 9.17) is 16.3 Å². The van der Waals surface area contributed by atoms with Gasteiger partial charge in [0.25, 0.3) is 5.69 Å². The van der Waals surface area contributed by atoms with Gasteiger partial charge in [0.15, 0.2) is 0 Å². The molecule has 0 spiro atoms. The SMILES string of the molecule is Cn1nccc1CCOc1ccc([N+](=O)[O-])c(Cl)c1. The number of nitrogens with zero attached hydrogens (tertiary/aromatic N) is 3. The number of ether oxygens (including phenoxy) is 1. The molecule has 0 bridgehead atoms. The molecule has 0 aliphatic carbocycles. The lowest BCUT2D eigenvalue weighted by molar-refractivity contribution is -0.384. The largest absolute Gasteiger partial charge is 0.493 e. The van der Waals surface area contributed by atoms with Gasteiger partial charge in [0, 0.05) is 37.5 Å². The molecule has 6 nitrogen and oxygen atoms in total. The van der Waals surface area contributed by atoms with E-state index in [0.29, 0.717) is 18.8 Å². The summed E-state index contributed by atoms with van der Waals surface area (Å²) < 4.78 is 7.27. The van der Waals surface area contributed by atoms with Crippen LogP contribution in [-0.4, -0.2) is 21.3 Å². The first kappa shape index (κ1) is 13.4. The first-order chi connectivity index (χ1) is 9.08. The highest BCUT2D eigenvalue weighted by atomic mass is 35.5. The molecule has 0 fully saturated rings. The summed E-state index contributed by atoms with van der Waals surface area (Å²) in [6.07, 6.45) is 2.42. The van der Waals surface area contributed by atoms with Crippen molar-refractivity contribution >= 4 is 17.3 Å². The molecule has 2 rings (SSSR count). The van der Waals surface area contributed by atoms with E-state index >= 15 is 0 Å². The van der Waals surface area contributed by atoms with Crippen LogP contribution in [0.25, 0.3) is 0 Å². The molecule has 0 saturated heterocycles. The number of rotatable bonds is 5. The number of hydrogen-bond acceptors (Lipinski definition) is 4. The van der Waals surface area contributed by atoms with E-state index in [2.05, 4.69) is 5.10 Å². The lowest BCUT2D eigenvalue weighted by atomic mass is 10.3. The molecule has 1 aromatic heterocycles. The molecule has 7 heteroatoms. The number of aryl methyl sites for hydroxylation is 1. The summed E-state index contributed by atoms with van der Waals surface area (Å²) in [4.78, 5) is 10.1. The van der Waals surface area contributed by atoms with Crippen LogP contribution >= 0.6 is 11.6 Å². The van der Waals surface area contributed by atoms with Gasteiger partial charge in [0.1, 0.15) is 10.8 Å². The monoisotopic (exact) mass is 281 g/mol. The Morgan fingerprint density at radius 1 is 1.47 bits per heavy atom. The van der Waals surface area contributed by atoms with Crippen LogP contribution in [0.5, 0.6) is 5.75 Å². The highest BCUT2D eigenvalue weighted by molar-refractivity contribution is 6.32. The molecule has 0 atom stereocenters. The van der Waals surface area contributed by atoms with Crippen LogP contribution in [0.15, 0.2) is 30.5 Å². The van der Waals surface area contributed by atoms with Gasteiger partial charge in [-0.05, 0) is 12.1 Å². The van der Waals surface area contributed by atoms with Crippen LogP contribution in [0, 0.1) is 10.1 Å². The van der Waals surface area contributed by atoms with Crippen molar-refractivity contribution in [3.05, 3.63) is 51.3 Å². The van der Waals surface area contributed by atoms with Crippen molar-refractivity contribution in [2.45, 2.75) is 6.42 Å². The van der Waals surface area contributed by atoms with E-state index in [-0.39, 0.29) is 10.7 Å². The number of nitro benzene ring substituents is 1. The molecule has 0 aliphatic heterocycles. The van der Waals surface area contributed by atoms with Crippen molar-refractivity contribution < 1.29 is 9.66 Å². The lowest BCUT2D eigenvalue weighted by Gasteiger charge is -2.06. The minimum absolute atomic E-state index is 0.0723. The van der Waals surface area contributed by atoms with Gasteiger partial charge in [-0.25, -0.2) is 0 Å². The third-order valence-electron chi connectivity index (χ3n) is 2.67. The molecule has 0 unspecified atom stereocenters. The average Bonchev–Trinajstić information content (AvgIpc) is 2.75. The fourth-order valence-corrected chi connectivity index (χ4v) is 1.88. The van der Waals surface area contributed by atoms with Gasteiger partial charge < -0.3 is 4.74 Å². The minimum Gasteiger partial charge on any atom is -0.493 e. The van der Waals surface area contributed by atoms with Gasteiger partial charge in [0.05, 0.1) is 11.5 Å². The third kappa shape index (κ3) is 3.23.